The third-order valence-electron chi connectivity index (χ3n) is 4.60. The van der Waals surface area contributed by atoms with Crippen LogP contribution in [0.4, 0.5) is 5.13 Å². The first-order valence-corrected chi connectivity index (χ1v) is 10.6. The van der Waals surface area contributed by atoms with Crippen molar-refractivity contribution in [2.75, 3.05) is 11.9 Å². The highest BCUT2D eigenvalue weighted by Crippen LogP contribution is 2.18. The van der Waals surface area contributed by atoms with Crippen molar-refractivity contribution in [1.29, 1.82) is 0 Å². The molecule has 0 spiro atoms. The molecule has 0 saturated carbocycles. The molecule has 0 saturated heterocycles. The molecule has 0 unspecified atom stereocenters. The van der Waals surface area contributed by atoms with E-state index in [2.05, 4.69) is 15.3 Å². The average Bonchev–Trinajstić information content (AvgIpc) is 3.21. The van der Waals surface area contributed by atoms with Crippen molar-refractivity contribution in [2.24, 2.45) is 0 Å². The monoisotopic (exact) mass is 450 g/mol. The van der Waals surface area contributed by atoms with Gasteiger partial charge < -0.3 is 9.72 Å². The van der Waals surface area contributed by atoms with Crippen molar-refractivity contribution in [3.63, 3.8) is 0 Å². The molecule has 0 atom stereocenters. The number of fused-ring (bicyclic) bond motifs is 1. The number of carbonyl (C=O) groups is 2. The van der Waals surface area contributed by atoms with Crippen LogP contribution < -0.4 is 16.6 Å². The summed E-state index contributed by atoms with van der Waals surface area (Å²) in [6, 6.07) is 12.8. The molecule has 4 rings (SSSR count). The smallest absolute Gasteiger partial charge is 0.333 e. The van der Waals surface area contributed by atoms with Crippen LogP contribution in [0.25, 0.3) is 16.6 Å². The number of aromatic nitrogens is 3. The Labute approximate surface area is 185 Å². The highest BCUT2D eigenvalue weighted by Gasteiger charge is 2.13. The summed E-state index contributed by atoms with van der Waals surface area (Å²) >= 11 is 1.20. The summed E-state index contributed by atoms with van der Waals surface area (Å²) in [7, 11) is 0. The third kappa shape index (κ3) is 4.35. The number of esters is 1. The first-order chi connectivity index (χ1) is 15.5. The van der Waals surface area contributed by atoms with Gasteiger partial charge in [-0.1, -0.05) is 12.1 Å². The quantitative estimate of drug-likeness (QED) is 0.435. The molecule has 4 aromatic rings. The fraction of sp³-hybridized carbons (Fsp3) is 0.136. The number of thiazole rings is 1. The van der Waals surface area contributed by atoms with Crippen molar-refractivity contribution in [3.05, 3.63) is 86.0 Å². The van der Waals surface area contributed by atoms with Crippen molar-refractivity contribution in [2.45, 2.75) is 13.3 Å². The summed E-state index contributed by atoms with van der Waals surface area (Å²) in [5.41, 5.74) is 0.612. The van der Waals surface area contributed by atoms with E-state index in [1.54, 1.807) is 36.6 Å². The first-order valence-electron chi connectivity index (χ1n) is 9.72. The lowest BCUT2D eigenvalue weighted by molar-refractivity contribution is -0.142. The third-order valence-corrected chi connectivity index (χ3v) is 5.40. The molecule has 32 heavy (non-hydrogen) atoms. The predicted molar refractivity (Wildman–Crippen MR) is 121 cm³/mol. The van der Waals surface area contributed by atoms with Gasteiger partial charge in [0.2, 0.25) is 0 Å². The van der Waals surface area contributed by atoms with Crippen LogP contribution in [0.15, 0.2) is 63.5 Å². The van der Waals surface area contributed by atoms with E-state index in [4.69, 9.17) is 4.74 Å². The summed E-state index contributed by atoms with van der Waals surface area (Å²) < 4.78 is 5.90. The van der Waals surface area contributed by atoms with Gasteiger partial charge in [-0.25, -0.2) is 14.3 Å². The van der Waals surface area contributed by atoms with Gasteiger partial charge in [-0.05, 0) is 43.3 Å². The second-order valence-electron chi connectivity index (χ2n) is 6.74. The van der Waals surface area contributed by atoms with Crippen molar-refractivity contribution in [3.8, 4) is 5.69 Å². The minimum Gasteiger partial charge on any atom is -0.466 e. The normalized spacial score (nSPS) is 10.8. The van der Waals surface area contributed by atoms with Crippen molar-refractivity contribution < 1.29 is 14.3 Å². The Balaban J connectivity index is 1.52. The van der Waals surface area contributed by atoms with Crippen LogP contribution in [-0.2, 0) is 16.0 Å². The molecule has 0 aliphatic heterocycles. The summed E-state index contributed by atoms with van der Waals surface area (Å²) in [5, 5.41) is 5.08. The number of hydrogen-bond acceptors (Lipinski definition) is 7. The van der Waals surface area contributed by atoms with Crippen LogP contribution >= 0.6 is 11.3 Å². The summed E-state index contributed by atoms with van der Waals surface area (Å²) in [5.74, 6) is -0.793. The Hall–Kier alpha value is -4.05. The van der Waals surface area contributed by atoms with E-state index in [1.807, 2.05) is 0 Å². The average molecular weight is 450 g/mol. The van der Waals surface area contributed by atoms with Gasteiger partial charge in [0, 0.05) is 10.9 Å². The standard InChI is InChI=1S/C22H18N4O5S/c1-2-31-18(27)11-14-12-32-21(23-14)25-19(28)13-7-9-15(10-8-13)26-20(29)16-5-3-4-6-17(16)24-22(26)30/h3-10,12H,2,11H2,1H3,(H,24,30)(H,23,25,28). The van der Waals surface area contributed by atoms with Gasteiger partial charge in [-0.3, -0.25) is 19.7 Å². The maximum Gasteiger partial charge on any atom is 0.333 e. The van der Waals surface area contributed by atoms with Crippen LogP contribution in [0.3, 0.4) is 0 Å². The SMILES string of the molecule is CCOC(=O)Cc1csc(NC(=O)c2ccc(-n3c(=O)[nH]c4ccccc4c3=O)cc2)n1. The number of hydrogen-bond donors (Lipinski definition) is 2. The Morgan fingerprint density at radius 1 is 1.12 bits per heavy atom. The number of para-hydroxylation sites is 1. The molecule has 2 aromatic heterocycles. The first kappa shape index (κ1) is 21.2. The number of ether oxygens (including phenoxy) is 1. The van der Waals surface area contributed by atoms with Crippen LogP contribution in [0.5, 0.6) is 0 Å². The molecule has 0 radical (unpaired) electrons. The van der Waals surface area contributed by atoms with Crippen LogP contribution in [0.1, 0.15) is 23.0 Å². The molecule has 9 nitrogen and oxygen atoms in total. The van der Waals surface area contributed by atoms with Crippen LogP contribution in [0.2, 0.25) is 0 Å². The largest absolute Gasteiger partial charge is 0.466 e. The molecule has 2 heterocycles. The summed E-state index contributed by atoms with van der Waals surface area (Å²) in [6.45, 7) is 2.02. The van der Waals surface area contributed by atoms with Gasteiger partial charge in [0.05, 0.1) is 35.3 Å². The van der Waals surface area contributed by atoms with E-state index < -0.39 is 17.2 Å². The molecule has 1 amide bonds. The van der Waals surface area contributed by atoms with Crippen molar-refractivity contribution >= 4 is 39.2 Å². The molecule has 10 heteroatoms. The summed E-state index contributed by atoms with van der Waals surface area (Å²) in [6.07, 6.45) is 0.0317. The predicted octanol–water partition coefficient (Wildman–Crippen LogP) is 2.49. The molecule has 0 aliphatic carbocycles. The van der Waals surface area contributed by atoms with Crippen molar-refractivity contribution in [1.82, 2.24) is 14.5 Å². The van der Waals surface area contributed by atoms with Gasteiger partial charge in [0.25, 0.3) is 11.5 Å². The number of anilines is 1. The minimum absolute atomic E-state index is 0.0317. The maximum absolute atomic E-state index is 12.8. The van der Waals surface area contributed by atoms with E-state index in [9.17, 15) is 19.2 Å². The maximum atomic E-state index is 12.8. The fourth-order valence-corrected chi connectivity index (χ4v) is 3.84. The zero-order valence-corrected chi connectivity index (χ0v) is 17.8. The highest BCUT2D eigenvalue weighted by atomic mass is 32.1. The zero-order valence-electron chi connectivity index (χ0n) is 17.0. The number of carbonyl (C=O) groups excluding carboxylic acids is 2. The Morgan fingerprint density at radius 3 is 2.62 bits per heavy atom. The number of nitrogens with zero attached hydrogens (tertiary/aromatic N) is 2. The Bertz CT molecular complexity index is 1420. The van der Waals surface area contributed by atoms with E-state index in [0.29, 0.717) is 39.6 Å². The number of rotatable bonds is 6. The van der Waals surface area contributed by atoms with Crippen LogP contribution in [-0.4, -0.2) is 33.0 Å². The highest BCUT2D eigenvalue weighted by molar-refractivity contribution is 7.14. The van der Waals surface area contributed by atoms with Gasteiger partial charge in [0.15, 0.2) is 5.13 Å². The number of H-pyrrole nitrogens is 1. The number of benzene rings is 2. The fourth-order valence-electron chi connectivity index (χ4n) is 3.13. The van der Waals surface area contributed by atoms with Gasteiger partial charge in [-0.2, -0.15) is 0 Å². The molecule has 0 aliphatic rings. The van der Waals surface area contributed by atoms with E-state index in [1.165, 1.54) is 35.6 Å². The zero-order chi connectivity index (χ0) is 22.7. The Kier molecular flexibility index (Phi) is 5.95. The number of nitrogens with one attached hydrogen (secondary N) is 2. The molecular formula is C22H18N4O5S. The lowest BCUT2D eigenvalue weighted by Crippen LogP contribution is -2.33. The lowest BCUT2D eigenvalue weighted by Gasteiger charge is -2.07. The minimum atomic E-state index is -0.567. The van der Waals surface area contributed by atoms with Gasteiger partial charge in [0.1, 0.15) is 0 Å². The molecule has 0 bridgehead atoms. The second-order valence-corrected chi connectivity index (χ2v) is 7.60. The van der Waals surface area contributed by atoms with E-state index >= 15 is 0 Å². The van der Waals surface area contributed by atoms with E-state index in [-0.39, 0.29) is 12.4 Å². The molecule has 162 valence electrons. The second kappa shape index (κ2) is 8.98. The lowest BCUT2D eigenvalue weighted by atomic mass is 10.2. The van der Waals surface area contributed by atoms with E-state index in [0.717, 1.165) is 4.57 Å². The van der Waals surface area contributed by atoms with Crippen LogP contribution in [0, 0.1) is 0 Å². The topological polar surface area (TPSA) is 123 Å². The number of aromatic amines is 1. The summed E-state index contributed by atoms with van der Waals surface area (Å²) in [4.78, 5) is 56.1. The number of amides is 1. The molecule has 0 fully saturated rings. The van der Waals surface area contributed by atoms with Gasteiger partial charge in [-0.15, -0.1) is 11.3 Å². The molecule has 2 N–H and O–H groups in total. The molecule has 2 aromatic carbocycles. The Morgan fingerprint density at radius 2 is 1.88 bits per heavy atom. The molecular weight excluding hydrogens is 432 g/mol. The van der Waals surface area contributed by atoms with Gasteiger partial charge >= 0.3 is 11.7 Å².